The maximum absolute atomic E-state index is 13.9. The number of aliphatic hydroxyl groups is 1. The fourth-order valence-corrected chi connectivity index (χ4v) is 3.70. The number of benzene rings is 2. The van der Waals surface area contributed by atoms with Crippen LogP contribution in [0.25, 0.3) is 0 Å². The Morgan fingerprint density at radius 3 is 2.27 bits per heavy atom. The molecule has 9 nitrogen and oxygen atoms in total. The van der Waals surface area contributed by atoms with Crippen LogP contribution in [0.1, 0.15) is 44.7 Å². The Morgan fingerprint density at radius 1 is 0.946 bits per heavy atom. The molecule has 0 bridgehead atoms. The summed E-state index contributed by atoms with van der Waals surface area (Å²) in [5.74, 6) is -1.36. The van der Waals surface area contributed by atoms with Gasteiger partial charge in [0.05, 0.1) is 19.3 Å². The monoisotopic (exact) mass is 516 g/mol. The third-order valence-electron chi connectivity index (χ3n) is 5.67. The average Bonchev–Trinajstić information content (AvgIpc) is 2.85. The van der Waals surface area contributed by atoms with E-state index < -0.39 is 41.9 Å². The highest BCUT2D eigenvalue weighted by molar-refractivity contribution is 5.87. The molecule has 1 unspecified atom stereocenters. The molecule has 0 aliphatic carbocycles. The molecule has 202 valence electrons. The zero-order valence-corrected chi connectivity index (χ0v) is 21.7. The molecule has 0 aromatic heterocycles. The Labute approximate surface area is 217 Å². The van der Waals surface area contributed by atoms with Crippen molar-refractivity contribution in [2.45, 2.75) is 64.9 Å². The van der Waals surface area contributed by atoms with Crippen LogP contribution in [0.15, 0.2) is 48.5 Å². The molecule has 37 heavy (non-hydrogen) atoms. The third kappa shape index (κ3) is 10.1. The minimum absolute atomic E-state index is 0.0133. The number of para-hydroxylation sites is 1. The van der Waals surface area contributed by atoms with E-state index in [1.54, 1.807) is 6.07 Å². The van der Waals surface area contributed by atoms with Gasteiger partial charge in [-0.15, -0.1) is 0 Å². The summed E-state index contributed by atoms with van der Waals surface area (Å²) in [6.45, 7) is 5.62. The number of nitrogens with one attached hydrogen (secondary N) is 4. The number of aliphatic hydroxyl groups excluding tert-OH is 1. The Hall–Kier alpha value is -3.66. The standard InChI is InChI=1S/C27H37FN4O5/c1-17(2)13-23(32-27(36)30-15-19-9-6-5-7-10-19)26(35)31-22(18(3)33)14-24(34)29-16-20-11-8-12-21(28)25(20)37-4/h5-12,17-18,22-23,33H,13-16H2,1-4H3,(H,29,34)(H,31,35)(H2,30,32,36)/t18-,22?,23-/m0/s1. The smallest absolute Gasteiger partial charge is 0.315 e. The van der Waals surface area contributed by atoms with Crippen LogP contribution < -0.4 is 26.0 Å². The van der Waals surface area contributed by atoms with Gasteiger partial charge < -0.3 is 31.1 Å². The number of urea groups is 1. The summed E-state index contributed by atoms with van der Waals surface area (Å²) in [6, 6.07) is 11.5. The first-order chi connectivity index (χ1) is 17.6. The molecule has 10 heteroatoms. The average molecular weight is 517 g/mol. The van der Waals surface area contributed by atoms with Gasteiger partial charge >= 0.3 is 6.03 Å². The predicted octanol–water partition coefficient (Wildman–Crippen LogP) is 2.62. The molecular weight excluding hydrogens is 479 g/mol. The first-order valence-corrected chi connectivity index (χ1v) is 12.3. The van der Waals surface area contributed by atoms with Crippen molar-refractivity contribution in [1.82, 2.24) is 21.3 Å². The van der Waals surface area contributed by atoms with Crippen LogP contribution >= 0.6 is 0 Å². The minimum atomic E-state index is -1.04. The van der Waals surface area contributed by atoms with Gasteiger partial charge in [-0.05, 0) is 30.9 Å². The van der Waals surface area contributed by atoms with E-state index in [0.29, 0.717) is 18.5 Å². The topological polar surface area (TPSA) is 129 Å². The predicted molar refractivity (Wildman–Crippen MR) is 138 cm³/mol. The van der Waals surface area contributed by atoms with Gasteiger partial charge in [0.2, 0.25) is 11.8 Å². The van der Waals surface area contributed by atoms with Gasteiger partial charge in [-0.1, -0.05) is 56.3 Å². The summed E-state index contributed by atoms with van der Waals surface area (Å²) in [6.07, 6.45) is -0.886. The maximum atomic E-state index is 13.9. The Balaban J connectivity index is 1.96. The van der Waals surface area contributed by atoms with E-state index >= 15 is 0 Å². The van der Waals surface area contributed by atoms with Gasteiger partial charge in [0.15, 0.2) is 11.6 Å². The number of ether oxygens (including phenoxy) is 1. The number of methoxy groups -OCH3 is 1. The highest BCUT2D eigenvalue weighted by atomic mass is 19.1. The molecular formula is C27H37FN4O5. The Kier molecular flexibility index (Phi) is 11.8. The third-order valence-corrected chi connectivity index (χ3v) is 5.67. The van der Waals surface area contributed by atoms with E-state index in [1.807, 2.05) is 44.2 Å². The molecule has 0 aliphatic heterocycles. The molecule has 2 rings (SSSR count). The lowest BCUT2D eigenvalue weighted by molar-refractivity contribution is -0.126. The molecule has 0 aliphatic rings. The van der Waals surface area contributed by atoms with Crippen molar-refractivity contribution in [2.75, 3.05) is 7.11 Å². The van der Waals surface area contributed by atoms with Crippen molar-refractivity contribution in [3.63, 3.8) is 0 Å². The van der Waals surface area contributed by atoms with Gasteiger partial charge in [-0.2, -0.15) is 0 Å². The zero-order chi connectivity index (χ0) is 27.4. The molecule has 0 radical (unpaired) electrons. The molecule has 0 spiro atoms. The van der Waals surface area contributed by atoms with E-state index in [-0.39, 0.29) is 24.6 Å². The fraction of sp³-hybridized carbons (Fsp3) is 0.444. The van der Waals surface area contributed by atoms with Gasteiger partial charge in [-0.3, -0.25) is 9.59 Å². The first-order valence-electron chi connectivity index (χ1n) is 12.3. The molecule has 2 aromatic carbocycles. The van der Waals surface area contributed by atoms with Crippen molar-refractivity contribution >= 4 is 17.8 Å². The molecule has 0 fully saturated rings. The maximum Gasteiger partial charge on any atom is 0.315 e. The number of rotatable bonds is 13. The normalized spacial score (nSPS) is 13.3. The van der Waals surface area contributed by atoms with Crippen LogP contribution in [0.2, 0.25) is 0 Å². The van der Waals surface area contributed by atoms with Crippen LogP contribution in [0.3, 0.4) is 0 Å². The van der Waals surface area contributed by atoms with E-state index in [4.69, 9.17) is 4.74 Å². The summed E-state index contributed by atoms with van der Waals surface area (Å²) in [7, 11) is 1.34. The number of carbonyl (C=O) groups excluding carboxylic acids is 3. The molecule has 4 amide bonds. The second kappa shape index (κ2) is 14.8. The Bertz CT molecular complexity index is 1030. The van der Waals surface area contributed by atoms with Gasteiger partial charge in [0.25, 0.3) is 0 Å². The molecule has 5 N–H and O–H groups in total. The zero-order valence-electron chi connectivity index (χ0n) is 21.7. The molecule has 2 aromatic rings. The first kappa shape index (κ1) is 29.6. The quantitative estimate of drug-likeness (QED) is 0.280. The molecule has 0 saturated heterocycles. The lowest BCUT2D eigenvalue weighted by atomic mass is 10.0. The highest BCUT2D eigenvalue weighted by Gasteiger charge is 2.27. The highest BCUT2D eigenvalue weighted by Crippen LogP contribution is 2.22. The van der Waals surface area contributed by atoms with Crippen molar-refractivity contribution in [1.29, 1.82) is 0 Å². The summed E-state index contributed by atoms with van der Waals surface area (Å²) in [5, 5.41) is 21.0. The molecule has 0 saturated carbocycles. The van der Waals surface area contributed by atoms with Crippen LogP contribution in [0.4, 0.5) is 9.18 Å². The van der Waals surface area contributed by atoms with Crippen LogP contribution in [0.5, 0.6) is 5.75 Å². The van der Waals surface area contributed by atoms with Crippen LogP contribution in [-0.2, 0) is 22.7 Å². The van der Waals surface area contributed by atoms with E-state index in [0.717, 1.165) is 5.56 Å². The van der Waals surface area contributed by atoms with Gasteiger partial charge in [-0.25, -0.2) is 9.18 Å². The Morgan fingerprint density at radius 2 is 1.65 bits per heavy atom. The molecule has 3 atom stereocenters. The van der Waals surface area contributed by atoms with Gasteiger partial charge in [0, 0.05) is 25.1 Å². The summed E-state index contributed by atoms with van der Waals surface area (Å²) in [5.41, 5.74) is 1.37. The van der Waals surface area contributed by atoms with Crippen LogP contribution in [-0.4, -0.2) is 48.2 Å². The SMILES string of the molecule is COc1c(F)cccc1CNC(=O)CC(NC(=O)[C@H](CC(C)C)NC(=O)NCc1ccccc1)[C@H](C)O. The number of amides is 4. The van der Waals surface area contributed by atoms with Gasteiger partial charge in [0.1, 0.15) is 6.04 Å². The van der Waals surface area contributed by atoms with Crippen LogP contribution in [0, 0.1) is 11.7 Å². The van der Waals surface area contributed by atoms with Crippen molar-refractivity contribution in [2.24, 2.45) is 5.92 Å². The summed E-state index contributed by atoms with van der Waals surface area (Å²) < 4.78 is 18.9. The fourth-order valence-electron chi connectivity index (χ4n) is 3.70. The van der Waals surface area contributed by atoms with E-state index in [9.17, 15) is 23.9 Å². The summed E-state index contributed by atoms with van der Waals surface area (Å²) in [4.78, 5) is 38.0. The minimum Gasteiger partial charge on any atom is -0.493 e. The second-order valence-corrected chi connectivity index (χ2v) is 9.26. The second-order valence-electron chi connectivity index (χ2n) is 9.26. The van der Waals surface area contributed by atoms with E-state index in [1.165, 1.54) is 26.2 Å². The number of halogens is 1. The largest absolute Gasteiger partial charge is 0.493 e. The van der Waals surface area contributed by atoms with E-state index in [2.05, 4.69) is 21.3 Å². The van der Waals surface area contributed by atoms with Crippen molar-refractivity contribution in [3.8, 4) is 5.75 Å². The summed E-state index contributed by atoms with van der Waals surface area (Å²) >= 11 is 0. The van der Waals surface area contributed by atoms with Crippen molar-refractivity contribution in [3.05, 3.63) is 65.5 Å². The molecule has 0 heterocycles. The lowest BCUT2D eigenvalue weighted by Gasteiger charge is -2.26. The number of carbonyl (C=O) groups is 3. The number of hydrogen-bond acceptors (Lipinski definition) is 5. The number of hydrogen-bond donors (Lipinski definition) is 5. The van der Waals surface area contributed by atoms with Crippen molar-refractivity contribution < 1.29 is 28.6 Å². The lowest BCUT2D eigenvalue weighted by Crippen LogP contribution is -2.54.